The Morgan fingerprint density at radius 1 is 1.27 bits per heavy atom. The van der Waals surface area contributed by atoms with Crippen molar-refractivity contribution in [3.63, 3.8) is 0 Å². The molecule has 2 fully saturated rings. The lowest BCUT2D eigenvalue weighted by Gasteiger charge is -2.32. The fraction of sp³-hybridized carbons (Fsp3) is 0.438. The number of nitrogens with zero attached hydrogens (tertiary/aromatic N) is 3. The smallest absolute Gasteiger partial charge is 0.261 e. The molecule has 1 N–H and O–H groups in total. The second-order valence-corrected chi connectivity index (χ2v) is 6.36. The molecule has 1 aliphatic carbocycles. The monoisotopic (exact) mass is 369 g/mol. The van der Waals surface area contributed by atoms with E-state index in [1.807, 2.05) is 0 Å². The van der Waals surface area contributed by atoms with Crippen molar-refractivity contribution in [3.8, 4) is 17.2 Å². The van der Waals surface area contributed by atoms with Crippen LogP contribution in [0.4, 0.5) is 13.2 Å². The molecule has 1 aromatic carbocycles. The molecule has 1 atom stereocenters. The second kappa shape index (κ2) is 6.27. The number of phenolic OH excluding ortho intramolecular Hbond substituents is 1. The van der Waals surface area contributed by atoms with E-state index in [4.69, 9.17) is 9.26 Å². The number of aromatic hydroxyl groups is 1. The number of phenols is 1. The van der Waals surface area contributed by atoms with Crippen LogP contribution in [0.25, 0.3) is 11.5 Å². The summed E-state index contributed by atoms with van der Waals surface area (Å²) in [6, 6.07) is 0.519. The third kappa shape index (κ3) is 3.00. The van der Waals surface area contributed by atoms with Gasteiger partial charge in [0.2, 0.25) is 11.7 Å². The van der Waals surface area contributed by atoms with Gasteiger partial charge in [-0.15, -0.1) is 0 Å². The Kier molecular flexibility index (Phi) is 4.06. The highest BCUT2D eigenvalue weighted by molar-refractivity contribution is 5.78. The summed E-state index contributed by atoms with van der Waals surface area (Å²) in [5.41, 5.74) is -0.565. The summed E-state index contributed by atoms with van der Waals surface area (Å²) in [6.07, 6.45) is 2.11. The number of amides is 1. The van der Waals surface area contributed by atoms with E-state index in [2.05, 4.69) is 10.1 Å². The first-order chi connectivity index (χ1) is 12.4. The Morgan fingerprint density at radius 3 is 2.77 bits per heavy atom. The van der Waals surface area contributed by atoms with E-state index in [0.717, 1.165) is 12.8 Å². The second-order valence-electron chi connectivity index (χ2n) is 6.36. The van der Waals surface area contributed by atoms with Gasteiger partial charge in [-0.2, -0.15) is 9.37 Å². The van der Waals surface area contributed by atoms with Crippen molar-refractivity contribution in [2.24, 2.45) is 5.92 Å². The average Bonchev–Trinajstić information content (AvgIpc) is 3.38. The molecule has 2 aliphatic rings. The maximum absolute atomic E-state index is 13.9. The molecule has 2 aromatic rings. The van der Waals surface area contributed by atoms with Gasteiger partial charge in [0.25, 0.3) is 5.89 Å². The SMILES string of the molecule is O=C1COC(C2CC2)CN1Cc1noc(-c2cc(F)c(F)c(O)c2F)n1. The number of hydrogen-bond donors (Lipinski definition) is 1. The predicted molar refractivity (Wildman–Crippen MR) is 79.2 cm³/mol. The van der Waals surface area contributed by atoms with Gasteiger partial charge in [0, 0.05) is 6.54 Å². The molecule has 10 heteroatoms. The summed E-state index contributed by atoms with van der Waals surface area (Å²) in [5, 5.41) is 12.9. The van der Waals surface area contributed by atoms with E-state index in [1.54, 1.807) is 0 Å². The summed E-state index contributed by atoms with van der Waals surface area (Å²) in [5.74, 6) is -6.15. The zero-order valence-corrected chi connectivity index (χ0v) is 13.4. The van der Waals surface area contributed by atoms with Crippen LogP contribution >= 0.6 is 0 Å². The van der Waals surface area contributed by atoms with Gasteiger partial charge in [-0.1, -0.05) is 5.16 Å². The van der Waals surface area contributed by atoms with E-state index in [1.165, 1.54) is 4.90 Å². The van der Waals surface area contributed by atoms with Crippen molar-refractivity contribution in [2.75, 3.05) is 13.2 Å². The Labute approximate surface area is 145 Å². The summed E-state index contributed by atoms with van der Waals surface area (Å²) >= 11 is 0. The van der Waals surface area contributed by atoms with Crippen molar-refractivity contribution < 1.29 is 32.3 Å². The topological polar surface area (TPSA) is 88.7 Å². The highest BCUT2D eigenvalue weighted by atomic mass is 19.2. The van der Waals surface area contributed by atoms with Crippen LogP contribution in [-0.2, 0) is 16.1 Å². The predicted octanol–water partition coefficient (Wildman–Crippen LogP) is 2.00. The van der Waals surface area contributed by atoms with Crippen LogP contribution in [0, 0.1) is 23.4 Å². The van der Waals surface area contributed by atoms with Crippen LogP contribution in [0.2, 0.25) is 0 Å². The molecule has 1 unspecified atom stereocenters. The van der Waals surface area contributed by atoms with Crippen LogP contribution in [-0.4, -0.2) is 45.3 Å². The molecule has 1 aromatic heterocycles. The molecule has 4 rings (SSSR count). The summed E-state index contributed by atoms with van der Waals surface area (Å²) in [4.78, 5) is 17.4. The first-order valence-corrected chi connectivity index (χ1v) is 8.03. The van der Waals surface area contributed by atoms with Gasteiger partial charge in [-0.3, -0.25) is 4.79 Å². The lowest BCUT2D eigenvalue weighted by atomic mass is 10.1. The molecule has 0 radical (unpaired) electrons. The van der Waals surface area contributed by atoms with Crippen LogP contribution in [0.1, 0.15) is 18.7 Å². The molecular weight excluding hydrogens is 355 g/mol. The van der Waals surface area contributed by atoms with Crippen molar-refractivity contribution in [1.29, 1.82) is 0 Å². The largest absolute Gasteiger partial charge is 0.503 e. The fourth-order valence-electron chi connectivity index (χ4n) is 2.89. The Balaban J connectivity index is 1.54. The summed E-state index contributed by atoms with van der Waals surface area (Å²) < 4.78 is 50.9. The van der Waals surface area contributed by atoms with E-state index in [0.29, 0.717) is 18.5 Å². The number of halogens is 3. The number of rotatable bonds is 4. The van der Waals surface area contributed by atoms with Crippen LogP contribution < -0.4 is 0 Å². The van der Waals surface area contributed by atoms with Crippen molar-refractivity contribution in [1.82, 2.24) is 15.0 Å². The standard InChI is InChI=1S/C16H14F3N3O4/c17-9-3-8(13(18)15(24)14(9)19)16-20-11(21-26-16)5-22-4-10(7-1-2-7)25-6-12(22)23/h3,7,10,24H,1-2,4-6H2. The number of hydrogen-bond acceptors (Lipinski definition) is 6. The molecule has 26 heavy (non-hydrogen) atoms. The van der Waals surface area contributed by atoms with Crippen LogP contribution in [0.3, 0.4) is 0 Å². The highest BCUT2D eigenvalue weighted by Gasteiger charge is 2.38. The van der Waals surface area contributed by atoms with Gasteiger partial charge in [-0.25, -0.2) is 8.78 Å². The van der Waals surface area contributed by atoms with Gasteiger partial charge < -0.3 is 19.3 Å². The normalized spacial score (nSPS) is 20.7. The number of morpholine rings is 1. The zero-order valence-electron chi connectivity index (χ0n) is 13.4. The maximum atomic E-state index is 13.9. The maximum Gasteiger partial charge on any atom is 0.261 e. The molecule has 1 aliphatic heterocycles. The van der Waals surface area contributed by atoms with E-state index >= 15 is 0 Å². The number of ether oxygens (including phenoxy) is 1. The van der Waals surface area contributed by atoms with Gasteiger partial charge in [0.15, 0.2) is 23.2 Å². The third-order valence-electron chi connectivity index (χ3n) is 4.49. The van der Waals surface area contributed by atoms with E-state index in [9.17, 15) is 23.1 Å². The molecule has 2 heterocycles. The summed E-state index contributed by atoms with van der Waals surface area (Å²) in [6.45, 7) is 0.386. The van der Waals surface area contributed by atoms with Crippen molar-refractivity contribution in [2.45, 2.75) is 25.5 Å². The quantitative estimate of drug-likeness (QED) is 0.830. The molecule has 0 spiro atoms. The minimum Gasteiger partial charge on any atom is -0.503 e. The number of benzene rings is 1. The van der Waals surface area contributed by atoms with Crippen molar-refractivity contribution >= 4 is 5.91 Å². The molecular formula is C16H14F3N3O4. The Bertz CT molecular complexity index is 869. The lowest BCUT2D eigenvalue weighted by Crippen LogP contribution is -2.47. The summed E-state index contributed by atoms with van der Waals surface area (Å²) in [7, 11) is 0. The first kappa shape index (κ1) is 16.8. The van der Waals surface area contributed by atoms with Gasteiger partial charge in [0.1, 0.15) is 6.61 Å². The Morgan fingerprint density at radius 2 is 2.04 bits per heavy atom. The Hall–Kier alpha value is -2.62. The van der Waals surface area contributed by atoms with Gasteiger partial charge >= 0.3 is 0 Å². The van der Waals surface area contributed by atoms with Gasteiger partial charge in [0.05, 0.1) is 18.2 Å². The third-order valence-corrected chi connectivity index (χ3v) is 4.49. The average molecular weight is 369 g/mol. The van der Waals surface area contributed by atoms with Crippen molar-refractivity contribution in [3.05, 3.63) is 29.3 Å². The molecule has 1 amide bonds. The molecule has 1 saturated heterocycles. The number of carbonyl (C=O) groups excluding carboxylic acids is 1. The van der Waals surface area contributed by atoms with Crippen LogP contribution in [0.5, 0.6) is 5.75 Å². The number of carbonyl (C=O) groups is 1. The lowest BCUT2D eigenvalue weighted by molar-refractivity contribution is -0.151. The minimum absolute atomic E-state index is 0.0200. The molecule has 1 saturated carbocycles. The fourth-order valence-corrected chi connectivity index (χ4v) is 2.89. The van der Waals surface area contributed by atoms with E-state index in [-0.39, 0.29) is 31.0 Å². The molecule has 138 valence electrons. The highest BCUT2D eigenvalue weighted by Crippen LogP contribution is 2.36. The molecule has 7 nitrogen and oxygen atoms in total. The molecule has 0 bridgehead atoms. The van der Waals surface area contributed by atoms with E-state index < -0.39 is 34.7 Å². The van der Waals surface area contributed by atoms with Crippen LogP contribution in [0.15, 0.2) is 10.6 Å². The zero-order chi connectivity index (χ0) is 18.4. The first-order valence-electron chi connectivity index (χ1n) is 8.03. The van der Waals surface area contributed by atoms with Gasteiger partial charge in [-0.05, 0) is 24.8 Å². The number of aromatic nitrogens is 2. The minimum atomic E-state index is -1.70.